The zero-order chi connectivity index (χ0) is 14.9. The Balaban J connectivity index is 2.22. The second-order valence-electron chi connectivity index (χ2n) is 4.76. The molecule has 0 aliphatic carbocycles. The molecule has 0 fully saturated rings. The molecule has 0 bridgehead atoms. The zero-order valence-electron chi connectivity index (χ0n) is 11.6. The van der Waals surface area contributed by atoms with Crippen molar-refractivity contribution in [2.24, 2.45) is 0 Å². The first kappa shape index (κ1) is 13.9. The van der Waals surface area contributed by atoms with Gasteiger partial charge in [-0.25, -0.2) is 0 Å². The Bertz CT molecular complexity index is 649. The summed E-state index contributed by atoms with van der Waals surface area (Å²) in [5, 5.41) is 13.9. The molecule has 1 heterocycles. The second kappa shape index (κ2) is 5.24. The maximum absolute atomic E-state index is 10.7. The molecule has 0 spiro atoms. The predicted molar refractivity (Wildman–Crippen MR) is 77.7 cm³/mol. The van der Waals surface area contributed by atoms with E-state index in [9.17, 15) is 10.1 Å². The number of nitro benzene ring substituents is 1. The number of non-ortho nitro benzene ring substituents is 1. The van der Waals surface area contributed by atoms with Crippen molar-refractivity contribution in [2.45, 2.75) is 26.8 Å². The van der Waals surface area contributed by atoms with Gasteiger partial charge in [0.1, 0.15) is 11.5 Å². The normalized spacial score (nSPS) is 12.2. The minimum Gasteiger partial charge on any atom is -0.466 e. The number of aryl methyl sites for hydroxylation is 2. The Kier molecular flexibility index (Phi) is 3.65. The molecule has 20 heavy (non-hydrogen) atoms. The number of nitrogen functional groups attached to an aromatic ring is 1. The highest BCUT2D eigenvalue weighted by atomic mass is 16.6. The van der Waals surface area contributed by atoms with Gasteiger partial charge in [-0.1, -0.05) is 0 Å². The average molecular weight is 275 g/mol. The van der Waals surface area contributed by atoms with Crippen LogP contribution in [-0.2, 0) is 0 Å². The lowest BCUT2D eigenvalue weighted by molar-refractivity contribution is -0.384. The van der Waals surface area contributed by atoms with Crippen molar-refractivity contribution < 1.29 is 9.34 Å². The third kappa shape index (κ3) is 2.74. The van der Waals surface area contributed by atoms with E-state index < -0.39 is 4.92 Å². The van der Waals surface area contributed by atoms with E-state index in [0.717, 1.165) is 17.1 Å². The summed E-state index contributed by atoms with van der Waals surface area (Å²) in [7, 11) is 0. The largest absolute Gasteiger partial charge is 0.466 e. The number of nitrogens with zero attached hydrogens (tertiary/aromatic N) is 1. The molecule has 0 saturated heterocycles. The van der Waals surface area contributed by atoms with Crippen LogP contribution in [0, 0.1) is 24.0 Å². The zero-order valence-corrected chi connectivity index (χ0v) is 11.6. The standard InChI is InChI=1S/C14H17N3O3/c1-8-6-12(10(3)20-8)9(2)16-14-5-4-11(17(18)19)7-13(14)15/h4-7,9,16H,15H2,1-3H3. The summed E-state index contributed by atoms with van der Waals surface area (Å²) in [6, 6.07) is 6.36. The molecule has 0 aliphatic rings. The molecule has 0 amide bonds. The number of rotatable bonds is 4. The van der Waals surface area contributed by atoms with Crippen molar-refractivity contribution in [2.75, 3.05) is 11.1 Å². The molecule has 106 valence electrons. The van der Waals surface area contributed by atoms with Crippen LogP contribution in [0.3, 0.4) is 0 Å². The molecule has 2 aromatic rings. The quantitative estimate of drug-likeness (QED) is 0.505. The van der Waals surface area contributed by atoms with Crippen molar-refractivity contribution in [1.82, 2.24) is 0 Å². The van der Waals surface area contributed by atoms with Gasteiger partial charge in [-0.2, -0.15) is 0 Å². The van der Waals surface area contributed by atoms with E-state index in [-0.39, 0.29) is 11.7 Å². The molecule has 1 atom stereocenters. The van der Waals surface area contributed by atoms with Crippen molar-refractivity contribution in [3.05, 3.63) is 51.5 Å². The first-order valence-electron chi connectivity index (χ1n) is 6.26. The van der Waals surface area contributed by atoms with Gasteiger partial charge in [-0.05, 0) is 32.9 Å². The van der Waals surface area contributed by atoms with Gasteiger partial charge in [0.05, 0.1) is 22.3 Å². The molecule has 1 aromatic carbocycles. The molecule has 0 aliphatic heterocycles. The van der Waals surface area contributed by atoms with Gasteiger partial charge in [0, 0.05) is 17.7 Å². The molecule has 1 unspecified atom stereocenters. The highest BCUT2D eigenvalue weighted by Crippen LogP contribution is 2.29. The molecular formula is C14H17N3O3. The lowest BCUT2D eigenvalue weighted by Crippen LogP contribution is -2.08. The number of furan rings is 1. The van der Waals surface area contributed by atoms with E-state index in [0.29, 0.717) is 11.4 Å². The minimum absolute atomic E-state index is 0.00351. The van der Waals surface area contributed by atoms with Crippen LogP contribution in [-0.4, -0.2) is 4.92 Å². The first-order valence-corrected chi connectivity index (χ1v) is 6.26. The van der Waals surface area contributed by atoms with Crippen LogP contribution >= 0.6 is 0 Å². The topological polar surface area (TPSA) is 94.3 Å². The van der Waals surface area contributed by atoms with Gasteiger partial charge in [0.2, 0.25) is 0 Å². The Morgan fingerprint density at radius 2 is 2.05 bits per heavy atom. The lowest BCUT2D eigenvalue weighted by Gasteiger charge is -2.16. The third-order valence-electron chi connectivity index (χ3n) is 3.16. The fraction of sp³-hybridized carbons (Fsp3) is 0.286. The fourth-order valence-corrected chi connectivity index (χ4v) is 2.19. The lowest BCUT2D eigenvalue weighted by atomic mass is 10.1. The van der Waals surface area contributed by atoms with Crippen LogP contribution in [0.1, 0.15) is 30.0 Å². The summed E-state index contributed by atoms with van der Waals surface area (Å²) < 4.78 is 5.49. The highest BCUT2D eigenvalue weighted by Gasteiger charge is 2.15. The van der Waals surface area contributed by atoms with Crippen molar-refractivity contribution in [3.63, 3.8) is 0 Å². The van der Waals surface area contributed by atoms with Crippen LogP contribution in [0.5, 0.6) is 0 Å². The van der Waals surface area contributed by atoms with Crippen molar-refractivity contribution >= 4 is 17.1 Å². The van der Waals surface area contributed by atoms with E-state index in [1.54, 1.807) is 6.07 Å². The monoisotopic (exact) mass is 275 g/mol. The highest BCUT2D eigenvalue weighted by molar-refractivity contribution is 5.69. The molecular weight excluding hydrogens is 258 g/mol. The van der Waals surface area contributed by atoms with E-state index in [2.05, 4.69) is 5.32 Å². The molecule has 0 saturated carbocycles. The molecule has 2 rings (SSSR count). The minimum atomic E-state index is -0.465. The molecule has 6 nitrogen and oxygen atoms in total. The Morgan fingerprint density at radius 1 is 1.35 bits per heavy atom. The number of benzene rings is 1. The molecule has 1 aromatic heterocycles. The van der Waals surface area contributed by atoms with Crippen LogP contribution in [0.4, 0.5) is 17.1 Å². The SMILES string of the molecule is Cc1cc(C(C)Nc2ccc([N+](=O)[O-])cc2N)c(C)o1. The molecule has 3 N–H and O–H groups in total. The fourth-order valence-electron chi connectivity index (χ4n) is 2.19. The summed E-state index contributed by atoms with van der Waals surface area (Å²) in [5.41, 5.74) is 7.88. The van der Waals surface area contributed by atoms with Gasteiger partial charge in [-0.15, -0.1) is 0 Å². The van der Waals surface area contributed by atoms with Gasteiger partial charge >= 0.3 is 0 Å². The van der Waals surface area contributed by atoms with Crippen LogP contribution in [0.25, 0.3) is 0 Å². The van der Waals surface area contributed by atoms with Crippen molar-refractivity contribution in [3.8, 4) is 0 Å². The Labute approximate surface area is 116 Å². The third-order valence-corrected chi connectivity index (χ3v) is 3.16. The summed E-state index contributed by atoms with van der Waals surface area (Å²) in [4.78, 5) is 10.2. The summed E-state index contributed by atoms with van der Waals surface area (Å²) in [6.07, 6.45) is 0. The number of nitro groups is 1. The van der Waals surface area contributed by atoms with Gasteiger partial charge < -0.3 is 15.5 Å². The van der Waals surface area contributed by atoms with E-state index >= 15 is 0 Å². The van der Waals surface area contributed by atoms with Crippen molar-refractivity contribution in [1.29, 1.82) is 0 Å². The molecule has 0 radical (unpaired) electrons. The van der Waals surface area contributed by atoms with Crippen LogP contribution < -0.4 is 11.1 Å². The summed E-state index contributed by atoms with van der Waals surface area (Å²) in [5.74, 6) is 1.70. The summed E-state index contributed by atoms with van der Waals surface area (Å²) in [6.45, 7) is 5.78. The van der Waals surface area contributed by atoms with Gasteiger partial charge in [0.15, 0.2) is 0 Å². The Hall–Kier alpha value is -2.50. The first-order chi connectivity index (χ1) is 9.38. The Morgan fingerprint density at radius 3 is 2.55 bits per heavy atom. The number of hydrogen-bond acceptors (Lipinski definition) is 5. The van der Waals surface area contributed by atoms with Crippen LogP contribution in [0.2, 0.25) is 0 Å². The smallest absolute Gasteiger partial charge is 0.271 e. The maximum atomic E-state index is 10.7. The van der Waals surface area contributed by atoms with Crippen LogP contribution in [0.15, 0.2) is 28.7 Å². The second-order valence-corrected chi connectivity index (χ2v) is 4.76. The summed E-state index contributed by atoms with van der Waals surface area (Å²) >= 11 is 0. The van der Waals surface area contributed by atoms with Gasteiger partial charge in [0.25, 0.3) is 5.69 Å². The van der Waals surface area contributed by atoms with E-state index in [4.69, 9.17) is 10.2 Å². The average Bonchev–Trinajstić information content (AvgIpc) is 2.70. The maximum Gasteiger partial charge on any atom is 0.271 e. The van der Waals surface area contributed by atoms with E-state index in [1.807, 2.05) is 26.8 Å². The number of hydrogen-bond donors (Lipinski definition) is 2. The number of anilines is 2. The number of nitrogens with two attached hydrogens (primary N) is 1. The number of nitrogens with one attached hydrogen (secondary N) is 1. The van der Waals surface area contributed by atoms with Gasteiger partial charge in [-0.3, -0.25) is 10.1 Å². The predicted octanol–water partition coefficient (Wildman–Crippen LogP) is 3.56. The van der Waals surface area contributed by atoms with E-state index in [1.165, 1.54) is 12.1 Å². The molecule has 6 heteroatoms.